The summed E-state index contributed by atoms with van der Waals surface area (Å²) >= 11 is 1.19. The number of hydrogen-bond donors (Lipinski definition) is 1. The fourth-order valence-corrected chi connectivity index (χ4v) is 2.84. The van der Waals surface area contributed by atoms with Crippen molar-refractivity contribution >= 4 is 28.8 Å². The Hall–Kier alpha value is -2.35. The summed E-state index contributed by atoms with van der Waals surface area (Å²) < 4.78 is 10.9. The topological polar surface area (TPSA) is 94.1 Å². The van der Waals surface area contributed by atoms with Crippen molar-refractivity contribution in [1.29, 1.82) is 0 Å². The molecule has 3 rings (SSSR count). The molecule has 2 heterocycles. The number of rotatable bonds is 5. The molecule has 3 aromatic rings. The molecule has 0 bridgehead atoms. The van der Waals surface area contributed by atoms with Crippen molar-refractivity contribution in [1.82, 2.24) is 20.5 Å². The highest BCUT2D eigenvalue weighted by atomic mass is 32.2. The maximum absolute atomic E-state index is 11.9. The molecule has 0 saturated heterocycles. The lowest BCUT2D eigenvalue weighted by Gasteiger charge is -2.18. The molecule has 0 unspecified atom stereocenters. The molecule has 0 radical (unpaired) electrons. The highest BCUT2D eigenvalue weighted by Crippen LogP contribution is 2.26. The number of oxazole rings is 1. The second kappa shape index (κ2) is 6.87. The van der Waals surface area contributed by atoms with Gasteiger partial charge in [0.05, 0.1) is 12.3 Å². The summed E-state index contributed by atoms with van der Waals surface area (Å²) in [6.07, 6.45) is 0. The van der Waals surface area contributed by atoms with E-state index in [1.54, 1.807) is 6.92 Å². The zero-order valence-corrected chi connectivity index (χ0v) is 15.4. The van der Waals surface area contributed by atoms with E-state index in [2.05, 4.69) is 41.3 Å². The van der Waals surface area contributed by atoms with Crippen molar-refractivity contribution in [3.8, 4) is 0 Å². The number of benzene rings is 1. The average molecular weight is 360 g/mol. The number of carbonyl (C=O) groups is 1. The zero-order chi connectivity index (χ0) is 18.0. The third-order valence-electron chi connectivity index (χ3n) is 3.57. The second-order valence-electron chi connectivity index (χ2n) is 6.69. The van der Waals surface area contributed by atoms with Crippen molar-refractivity contribution in [2.75, 3.05) is 5.75 Å². The molecule has 2 aromatic heterocycles. The standard InChI is InChI=1S/C17H20N4O3S/c1-10-20-21-16(23-10)25-9-14(22)18-8-15-19-12-7-11(17(2,3)4)5-6-13(12)24-15/h5-7H,8-9H2,1-4H3,(H,18,22). The normalized spacial score (nSPS) is 11.8. The van der Waals surface area contributed by atoms with Crippen LogP contribution in [0.5, 0.6) is 0 Å². The van der Waals surface area contributed by atoms with E-state index in [0.29, 0.717) is 22.6 Å². The maximum Gasteiger partial charge on any atom is 0.277 e. The van der Waals surface area contributed by atoms with Crippen molar-refractivity contribution < 1.29 is 13.6 Å². The van der Waals surface area contributed by atoms with Crippen LogP contribution >= 0.6 is 11.8 Å². The van der Waals surface area contributed by atoms with E-state index in [1.165, 1.54) is 17.3 Å². The first-order valence-corrected chi connectivity index (χ1v) is 8.89. The van der Waals surface area contributed by atoms with Crippen LogP contribution in [0, 0.1) is 6.92 Å². The van der Waals surface area contributed by atoms with Gasteiger partial charge in [0.1, 0.15) is 5.52 Å². The molecule has 25 heavy (non-hydrogen) atoms. The van der Waals surface area contributed by atoms with Gasteiger partial charge in [0.25, 0.3) is 5.22 Å². The summed E-state index contributed by atoms with van der Waals surface area (Å²) in [4.78, 5) is 16.4. The minimum absolute atomic E-state index is 0.0475. The highest BCUT2D eigenvalue weighted by Gasteiger charge is 2.16. The predicted molar refractivity (Wildman–Crippen MR) is 94.3 cm³/mol. The third-order valence-corrected chi connectivity index (χ3v) is 4.39. The average Bonchev–Trinajstić information content (AvgIpc) is 3.14. The minimum atomic E-state index is -0.154. The van der Waals surface area contributed by atoms with Gasteiger partial charge in [0, 0.05) is 6.92 Å². The molecule has 132 valence electrons. The summed E-state index contributed by atoms with van der Waals surface area (Å²) in [5.74, 6) is 0.992. The molecule has 0 saturated carbocycles. The number of thioether (sulfide) groups is 1. The van der Waals surface area contributed by atoms with Crippen LogP contribution in [0.25, 0.3) is 11.1 Å². The van der Waals surface area contributed by atoms with Gasteiger partial charge in [-0.25, -0.2) is 4.98 Å². The molecule has 8 heteroatoms. The lowest BCUT2D eigenvalue weighted by Crippen LogP contribution is -2.24. The number of nitrogens with zero attached hydrogens (tertiary/aromatic N) is 3. The van der Waals surface area contributed by atoms with Gasteiger partial charge in [-0.2, -0.15) is 0 Å². The van der Waals surface area contributed by atoms with Crippen LogP contribution in [0.3, 0.4) is 0 Å². The number of nitrogens with one attached hydrogen (secondary N) is 1. The van der Waals surface area contributed by atoms with Crippen molar-refractivity contribution in [3.05, 3.63) is 35.5 Å². The molecule has 0 aliphatic heterocycles. The smallest absolute Gasteiger partial charge is 0.277 e. The lowest BCUT2D eigenvalue weighted by molar-refractivity contribution is -0.118. The van der Waals surface area contributed by atoms with Crippen LogP contribution in [0.2, 0.25) is 0 Å². The van der Waals surface area contributed by atoms with Gasteiger partial charge in [0.2, 0.25) is 17.7 Å². The minimum Gasteiger partial charge on any atom is -0.439 e. The monoisotopic (exact) mass is 360 g/mol. The van der Waals surface area contributed by atoms with Crippen LogP contribution in [-0.2, 0) is 16.8 Å². The fourth-order valence-electron chi connectivity index (χ4n) is 2.21. The molecule has 0 spiro atoms. The highest BCUT2D eigenvalue weighted by molar-refractivity contribution is 7.99. The number of aryl methyl sites for hydroxylation is 1. The van der Waals surface area contributed by atoms with E-state index in [-0.39, 0.29) is 23.6 Å². The van der Waals surface area contributed by atoms with Gasteiger partial charge in [-0.05, 0) is 23.1 Å². The Morgan fingerprint density at radius 1 is 1.24 bits per heavy atom. The van der Waals surface area contributed by atoms with E-state index in [9.17, 15) is 4.79 Å². The Balaban J connectivity index is 1.58. The van der Waals surface area contributed by atoms with Crippen LogP contribution in [-0.4, -0.2) is 26.8 Å². The van der Waals surface area contributed by atoms with E-state index in [1.807, 2.05) is 18.2 Å². The quantitative estimate of drug-likeness (QED) is 0.698. The van der Waals surface area contributed by atoms with Crippen LogP contribution in [0.15, 0.2) is 32.3 Å². The largest absolute Gasteiger partial charge is 0.439 e. The van der Waals surface area contributed by atoms with E-state index < -0.39 is 0 Å². The number of aromatic nitrogens is 3. The van der Waals surface area contributed by atoms with Crippen LogP contribution in [0.4, 0.5) is 0 Å². The summed E-state index contributed by atoms with van der Waals surface area (Å²) in [7, 11) is 0. The van der Waals surface area contributed by atoms with E-state index >= 15 is 0 Å². The van der Waals surface area contributed by atoms with Gasteiger partial charge < -0.3 is 14.2 Å². The summed E-state index contributed by atoms with van der Waals surface area (Å²) in [6, 6.07) is 5.98. The molecule has 1 N–H and O–H groups in total. The van der Waals surface area contributed by atoms with Gasteiger partial charge >= 0.3 is 0 Å². The Morgan fingerprint density at radius 2 is 2.04 bits per heavy atom. The second-order valence-corrected chi connectivity index (χ2v) is 7.62. The zero-order valence-electron chi connectivity index (χ0n) is 14.6. The van der Waals surface area contributed by atoms with Crippen molar-refractivity contribution in [2.24, 2.45) is 0 Å². The van der Waals surface area contributed by atoms with E-state index in [0.717, 1.165) is 5.52 Å². The van der Waals surface area contributed by atoms with Crippen LogP contribution < -0.4 is 5.32 Å². The van der Waals surface area contributed by atoms with Gasteiger partial charge in [-0.15, -0.1) is 10.2 Å². The summed E-state index contributed by atoms with van der Waals surface area (Å²) in [5.41, 5.74) is 2.75. The molecule has 0 aliphatic carbocycles. The third kappa shape index (κ3) is 4.39. The molecule has 7 nitrogen and oxygen atoms in total. The molecule has 1 aromatic carbocycles. The molecule has 1 amide bonds. The number of carbonyl (C=O) groups excluding carboxylic acids is 1. The van der Waals surface area contributed by atoms with Gasteiger partial charge in [-0.1, -0.05) is 38.6 Å². The first kappa shape index (κ1) is 17.5. The molecule has 0 atom stereocenters. The summed E-state index contributed by atoms with van der Waals surface area (Å²) in [5, 5.41) is 10.7. The van der Waals surface area contributed by atoms with Crippen LogP contribution in [0.1, 0.15) is 38.1 Å². The Labute approximate surface area is 149 Å². The first-order chi connectivity index (χ1) is 11.8. The Kier molecular flexibility index (Phi) is 4.80. The molecular weight excluding hydrogens is 340 g/mol. The maximum atomic E-state index is 11.9. The molecule has 0 aliphatic rings. The summed E-state index contributed by atoms with van der Waals surface area (Å²) in [6.45, 7) is 8.39. The SMILES string of the molecule is Cc1nnc(SCC(=O)NCc2nc3cc(C(C)(C)C)ccc3o2)o1. The number of fused-ring (bicyclic) bond motifs is 1. The van der Waals surface area contributed by atoms with Crippen molar-refractivity contribution in [2.45, 2.75) is 44.9 Å². The Morgan fingerprint density at radius 3 is 2.72 bits per heavy atom. The first-order valence-electron chi connectivity index (χ1n) is 7.91. The van der Waals surface area contributed by atoms with E-state index in [4.69, 9.17) is 8.83 Å². The number of hydrogen-bond acceptors (Lipinski definition) is 7. The van der Waals surface area contributed by atoms with Gasteiger partial charge in [0.15, 0.2) is 5.58 Å². The number of amides is 1. The molecule has 0 fully saturated rings. The van der Waals surface area contributed by atoms with Crippen molar-refractivity contribution in [3.63, 3.8) is 0 Å². The predicted octanol–water partition coefficient (Wildman–Crippen LogP) is 3.23. The lowest BCUT2D eigenvalue weighted by atomic mass is 9.87. The Bertz CT molecular complexity index is 895. The molecular formula is C17H20N4O3S. The fraction of sp³-hybridized carbons (Fsp3) is 0.412. The van der Waals surface area contributed by atoms with Gasteiger partial charge in [-0.3, -0.25) is 4.79 Å².